The molecule has 1 aromatic carbocycles. The second-order valence-electron chi connectivity index (χ2n) is 4.13. The van der Waals surface area contributed by atoms with Crippen molar-refractivity contribution in [3.8, 4) is 17.2 Å². The smallest absolute Gasteiger partial charge is 0.233 e. The zero-order valence-electron chi connectivity index (χ0n) is 12.6. The minimum Gasteiger partial charge on any atom is -0.496 e. The molecule has 0 bridgehead atoms. The number of benzene rings is 1. The first-order valence-corrected chi connectivity index (χ1v) is 6.46. The van der Waals surface area contributed by atoms with Crippen LogP contribution in [0.15, 0.2) is 18.2 Å². The first-order chi connectivity index (χ1) is 9.69. The Bertz CT molecular complexity index is 407. The van der Waals surface area contributed by atoms with Gasteiger partial charge in [-0.25, -0.2) is 0 Å². The summed E-state index contributed by atoms with van der Waals surface area (Å²) >= 11 is 0. The van der Waals surface area contributed by atoms with E-state index < -0.39 is 0 Å². The van der Waals surface area contributed by atoms with Gasteiger partial charge in [0.05, 0.1) is 27.4 Å². The maximum atomic E-state index is 11.2. The summed E-state index contributed by atoms with van der Waals surface area (Å²) in [5, 5.41) is 5.57. The molecule has 120 valence electrons. The van der Waals surface area contributed by atoms with Crippen molar-refractivity contribution in [2.45, 2.75) is 6.42 Å². The molecule has 0 saturated carbocycles. The van der Waals surface area contributed by atoms with Gasteiger partial charge in [-0.15, -0.1) is 12.4 Å². The number of methoxy groups -OCH3 is 2. The Morgan fingerprint density at radius 1 is 1.10 bits per heavy atom. The van der Waals surface area contributed by atoms with Gasteiger partial charge in [-0.05, 0) is 13.5 Å². The van der Waals surface area contributed by atoms with E-state index in [1.807, 2.05) is 0 Å². The summed E-state index contributed by atoms with van der Waals surface area (Å²) in [4.78, 5) is 11.2. The maximum Gasteiger partial charge on any atom is 0.233 e. The highest BCUT2D eigenvalue weighted by Crippen LogP contribution is 2.27. The van der Waals surface area contributed by atoms with Gasteiger partial charge in [0.25, 0.3) is 0 Å². The van der Waals surface area contributed by atoms with Gasteiger partial charge in [0, 0.05) is 24.7 Å². The molecule has 0 aliphatic carbocycles. The number of carbonyl (C=O) groups is 1. The Morgan fingerprint density at radius 3 is 2.19 bits per heavy atom. The molecule has 1 aromatic rings. The van der Waals surface area contributed by atoms with Crippen molar-refractivity contribution in [3.63, 3.8) is 0 Å². The summed E-state index contributed by atoms with van der Waals surface area (Å²) in [6, 6.07) is 5.37. The fourth-order valence-corrected chi connectivity index (χ4v) is 1.58. The summed E-state index contributed by atoms with van der Waals surface area (Å²) in [6.07, 6.45) is 0.731. The molecule has 2 N–H and O–H groups in total. The molecule has 0 atom stereocenters. The molecule has 0 radical (unpaired) electrons. The van der Waals surface area contributed by atoms with Crippen LogP contribution in [0.4, 0.5) is 0 Å². The molecule has 7 heteroatoms. The largest absolute Gasteiger partial charge is 0.496 e. The third kappa shape index (κ3) is 7.63. The summed E-state index contributed by atoms with van der Waals surface area (Å²) in [5.74, 6) is 2.03. The predicted molar refractivity (Wildman–Crippen MR) is 83.8 cm³/mol. The molecule has 0 heterocycles. The van der Waals surface area contributed by atoms with Crippen LogP contribution in [0.25, 0.3) is 0 Å². The molecule has 0 unspecified atom stereocenters. The second kappa shape index (κ2) is 11.0. The van der Waals surface area contributed by atoms with Crippen LogP contribution in [0.3, 0.4) is 0 Å². The molecular formula is C14H23ClN2O4. The first-order valence-electron chi connectivity index (χ1n) is 6.46. The van der Waals surface area contributed by atoms with Gasteiger partial charge in [0.1, 0.15) is 17.2 Å². The van der Waals surface area contributed by atoms with Crippen molar-refractivity contribution in [1.82, 2.24) is 10.6 Å². The Morgan fingerprint density at radius 2 is 1.67 bits per heavy atom. The van der Waals surface area contributed by atoms with E-state index in [1.165, 1.54) is 0 Å². The van der Waals surface area contributed by atoms with Crippen LogP contribution in [-0.2, 0) is 4.79 Å². The molecule has 6 nitrogen and oxygen atoms in total. The normalized spacial score (nSPS) is 9.48. The number of hydrogen-bond acceptors (Lipinski definition) is 5. The van der Waals surface area contributed by atoms with Crippen LogP contribution in [0.2, 0.25) is 0 Å². The minimum atomic E-state index is -0.0180. The molecule has 0 fully saturated rings. The van der Waals surface area contributed by atoms with Crippen molar-refractivity contribution >= 4 is 18.3 Å². The summed E-state index contributed by atoms with van der Waals surface area (Å²) in [6.45, 7) is 1.42. The minimum absolute atomic E-state index is 0. The molecule has 1 amide bonds. The van der Waals surface area contributed by atoms with Gasteiger partial charge in [-0.1, -0.05) is 0 Å². The standard InChI is InChI=1S/C14H22N2O4.ClH/c1-15-10-14(17)16-5-4-6-20-13-8-11(18-2)7-12(9-13)19-3;/h7-9,15H,4-6,10H2,1-3H3,(H,16,17);1H. The molecule has 0 aliphatic rings. The molecule has 0 aliphatic heterocycles. The number of hydrogen-bond donors (Lipinski definition) is 2. The first kappa shape index (κ1) is 19.3. The van der Waals surface area contributed by atoms with Gasteiger partial charge < -0.3 is 24.8 Å². The summed E-state index contributed by atoms with van der Waals surface area (Å²) in [5.41, 5.74) is 0. The zero-order chi connectivity index (χ0) is 14.8. The average molecular weight is 319 g/mol. The van der Waals surface area contributed by atoms with Gasteiger partial charge in [0.2, 0.25) is 5.91 Å². The van der Waals surface area contributed by atoms with E-state index in [0.29, 0.717) is 36.9 Å². The van der Waals surface area contributed by atoms with Crippen LogP contribution in [-0.4, -0.2) is 46.9 Å². The van der Waals surface area contributed by atoms with Crippen molar-refractivity contribution in [2.75, 3.05) is 41.0 Å². The molecule has 0 spiro atoms. The van der Waals surface area contributed by atoms with E-state index in [4.69, 9.17) is 14.2 Å². The lowest BCUT2D eigenvalue weighted by Gasteiger charge is -2.10. The van der Waals surface area contributed by atoms with E-state index >= 15 is 0 Å². The third-order valence-electron chi connectivity index (χ3n) is 2.57. The monoisotopic (exact) mass is 318 g/mol. The zero-order valence-corrected chi connectivity index (χ0v) is 13.4. The van der Waals surface area contributed by atoms with Crippen LogP contribution < -0.4 is 24.8 Å². The highest BCUT2D eigenvalue weighted by Gasteiger charge is 2.03. The van der Waals surface area contributed by atoms with Crippen LogP contribution in [0.5, 0.6) is 17.2 Å². The van der Waals surface area contributed by atoms with E-state index in [9.17, 15) is 4.79 Å². The SMILES string of the molecule is CNCC(=O)NCCCOc1cc(OC)cc(OC)c1.Cl. The third-order valence-corrected chi connectivity index (χ3v) is 2.57. The van der Waals surface area contributed by atoms with E-state index in [1.54, 1.807) is 39.5 Å². The number of carbonyl (C=O) groups excluding carboxylic acids is 1. The molecular weight excluding hydrogens is 296 g/mol. The highest BCUT2D eigenvalue weighted by molar-refractivity contribution is 5.85. The van der Waals surface area contributed by atoms with Crippen molar-refractivity contribution in [3.05, 3.63) is 18.2 Å². The second-order valence-corrected chi connectivity index (χ2v) is 4.13. The van der Waals surface area contributed by atoms with Crippen molar-refractivity contribution in [2.24, 2.45) is 0 Å². The van der Waals surface area contributed by atoms with E-state index in [0.717, 1.165) is 6.42 Å². The highest BCUT2D eigenvalue weighted by atomic mass is 35.5. The van der Waals surface area contributed by atoms with Crippen molar-refractivity contribution in [1.29, 1.82) is 0 Å². The Hall–Kier alpha value is -1.66. The van der Waals surface area contributed by atoms with Crippen LogP contribution >= 0.6 is 12.4 Å². The number of rotatable bonds is 9. The fourth-order valence-electron chi connectivity index (χ4n) is 1.58. The van der Waals surface area contributed by atoms with Crippen LogP contribution in [0.1, 0.15) is 6.42 Å². The Kier molecular flexibility index (Phi) is 10.2. The summed E-state index contributed by atoms with van der Waals surface area (Å²) < 4.78 is 15.9. The van der Waals surface area contributed by atoms with Crippen LogP contribution in [0, 0.1) is 0 Å². The Balaban J connectivity index is 0.00000400. The lowest BCUT2D eigenvalue weighted by molar-refractivity contribution is -0.120. The molecule has 0 aromatic heterocycles. The van der Waals surface area contributed by atoms with Gasteiger partial charge in [0.15, 0.2) is 0 Å². The number of amides is 1. The number of nitrogens with one attached hydrogen (secondary N) is 2. The number of halogens is 1. The Labute approximate surface area is 131 Å². The fraction of sp³-hybridized carbons (Fsp3) is 0.500. The van der Waals surface area contributed by atoms with Gasteiger partial charge in [-0.3, -0.25) is 4.79 Å². The predicted octanol–water partition coefficient (Wildman–Crippen LogP) is 1.23. The summed E-state index contributed by atoms with van der Waals surface area (Å²) in [7, 11) is 4.92. The maximum absolute atomic E-state index is 11.2. The van der Waals surface area contributed by atoms with Gasteiger partial charge >= 0.3 is 0 Å². The van der Waals surface area contributed by atoms with Gasteiger partial charge in [-0.2, -0.15) is 0 Å². The lowest BCUT2D eigenvalue weighted by Crippen LogP contribution is -2.33. The van der Waals surface area contributed by atoms with Crippen molar-refractivity contribution < 1.29 is 19.0 Å². The topological polar surface area (TPSA) is 68.8 Å². The lowest BCUT2D eigenvalue weighted by atomic mass is 10.3. The quantitative estimate of drug-likeness (QED) is 0.670. The molecule has 1 rings (SSSR count). The van der Waals surface area contributed by atoms with E-state index in [2.05, 4.69) is 10.6 Å². The van der Waals surface area contributed by atoms with E-state index in [-0.39, 0.29) is 18.3 Å². The number of ether oxygens (including phenoxy) is 3. The molecule has 21 heavy (non-hydrogen) atoms. The average Bonchev–Trinajstić information content (AvgIpc) is 2.46. The molecule has 0 saturated heterocycles. The number of likely N-dealkylation sites (N-methyl/N-ethyl adjacent to an activating group) is 1.